The van der Waals surface area contributed by atoms with Gasteiger partial charge in [-0.1, -0.05) is 27.7 Å². The molecule has 0 aliphatic heterocycles. The fourth-order valence-electron chi connectivity index (χ4n) is 2.22. The Labute approximate surface area is 171 Å². The van der Waals surface area contributed by atoms with Gasteiger partial charge in [-0.2, -0.15) is 8.78 Å². The van der Waals surface area contributed by atoms with Crippen molar-refractivity contribution in [3.05, 3.63) is 53.0 Å². The van der Waals surface area contributed by atoms with Crippen LogP contribution in [0.5, 0.6) is 5.75 Å². The summed E-state index contributed by atoms with van der Waals surface area (Å²) in [4.78, 5) is 12.1. The highest BCUT2D eigenvalue weighted by atomic mass is 79.9. The van der Waals surface area contributed by atoms with E-state index in [2.05, 4.69) is 36.2 Å². The molecular formula is C17H14BrF2N5O2S. The van der Waals surface area contributed by atoms with Crippen molar-refractivity contribution in [1.82, 2.24) is 14.9 Å². The van der Waals surface area contributed by atoms with Gasteiger partial charge >= 0.3 is 6.61 Å². The molecule has 1 amide bonds. The van der Waals surface area contributed by atoms with Crippen LogP contribution in [0.25, 0.3) is 11.4 Å². The predicted molar refractivity (Wildman–Crippen MR) is 106 cm³/mol. The summed E-state index contributed by atoms with van der Waals surface area (Å²) >= 11 is 4.45. The summed E-state index contributed by atoms with van der Waals surface area (Å²) in [5, 5.41) is 11.1. The lowest BCUT2D eigenvalue weighted by molar-refractivity contribution is -0.113. The Bertz CT molecular complexity index is 951. The summed E-state index contributed by atoms with van der Waals surface area (Å²) in [7, 11) is 0. The van der Waals surface area contributed by atoms with Crippen LogP contribution in [0, 0.1) is 0 Å². The van der Waals surface area contributed by atoms with E-state index >= 15 is 0 Å². The third-order valence-corrected chi connectivity index (χ3v) is 4.93. The summed E-state index contributed by atoms with van der Waals surface area (Å²) in [6.45, 7) is -2.89. The van der Waals surface area contributed by atoms with Crippen molar-refractivity contribution in [3.8, 4) is 17.1 Å². The Morgan fingerprint density at radius 3 is 2.50 bits per heavy atom. The first-order valence-corrected chi connectivity index (χ1v) is 9.64. The fourth-order valence-corrected chi connectivity index (χ4v) is 3.14. The number of thioether (sulfide) groups is 1. The monoisotopic (exact) mass is 469 g/mol. The van der Waals surface area contributed by atoms with E-state index < -0.39 is 6.61 Å². The van der Waals surface area contributed by atoms with Gasteiger partial charge in [0.2, 0.25) is 11.1 Å². The van der Waals surface area contributed by atoms with E-state index in [1.54, 1.807) is 24.3 Å². The lowest BCUT2D eigenvalue weighted by Crippen LogP contribution is -2.16. The van der Waals surface area contributed by atoms with E-state index in [1.165, 1.54) is 16.8 Å². The van der Waals surface area contributed by atoms with E-state index in [1.807, 2.05) is 12.1 Å². The highest BCUT2D eigenvalue weighted by Gasteiger charge is 2.14. The van der Waals surface area contributed by atoms with Crippen molar-refractivity contribution in [1.29, 1.82) is 0 Å². The molecule has 0 spiro atoms. The number of nitrogen functional groups attached to an aromatic ring is 1. The highest BCUT2D eigenvalue weighted by molar-refractivity contribution is 9.10. The number of amides is 1. The molecule has 2 aromatic carbocycles. The normalized spacial score (nSPS) is 10.9. The molecule has 1 heterocycles. The number of nitrogens with zero attached hydrogens (tertiary/aromatic N) is 3. The second-order valence-electron chi connectivity index (χ2n) is 5.42. The van der Waals surface area contributed by atoms with Crippen LogP contribution in [0.2, 0.25) is 0 Å². The predicted octanol–water partition coefficient (Wildman–Crippen LogP) is 3.75. The van der Waals surface area contributed by atoms with Gasteiger partial charge in [0.05, 0.1) is 5.75 Å². The van der Waals surface area contributed by atoms with Crippen LogP contribution in [-0.2, 0) is 4.79 Å². The summed E-state index contributed by atoms with van der Waals surface area (Å²) in [5.41, 5.74) is 1.25. The number of carbonyl (C=O) groups excluding carboxylic acids is 1. The van der Waals surface area contributed by atoms with Crippen molar-refractivity contribution < 1.29 is 18.3 Å². The SMILES string of the molecule is Nn1c(SCC(=O)Nc2ccc(Br)cc2)nnc1-c1ccc(OC(F)F)cc1. The van der Waals surface area contributed by atoms with E-state index in [0.29, 0.717) is 22.2 Å². The number of ether oxygens (including phenoxy) is 1. The lowest BCUT2D eigenvalue weighted by Gasteiger charge is -2.07. The van der Waals surface area contributed by atoms with Crippen LogP contribution in [0.15, 0.2) is 58.2 Å². The third kappa shape index (κ3) is 5.20. The van der Waals surface area contributed by atoms with E-state index in [9.17, 15) is 13.6 Å². The molecule has 0 aliphatic carbocycles. The molecule has 0 unspecified atom stereocenters. The number of halogens is 3. The number of carbonyl (C=O) groups is 1. The van der Waals surface area contributed by atoms with Gasteiger partial charge in [-0.05, 0) is 48.5 Å². The summed E-state index contributed by atoms with van der Waals surface area (Å²) in [6.07, 6.45) is 0. The number of alkyl halides is 2. The molecule has 7 nitrogen and oxygen atoms in total. The first-order chi connectivity index (χ1) is 13.4. The smallest absolute Gasteiger partial charge is 0.387 e. The van der Waals surface area contributed by atoms with Gasteiger partial charge in [-0.15, -0.1) is 10.2 Å². The highest BCUT2D eigenvalue weighted by Crippen LogP contribution is 2.24. The van der Waals surface area contributed by atoms with Gasteiger partial charge in [0.15, 0.2) is 5.82 Å². The number of rotatable bonds is 7. The zero-order chi connectivity index (χ0) is 20.1. The number of nitrogens with one attached hydrogen (secondary N) is 1. The van der Waals surface area contributed by atoms with Crippen molar-refractivity contribution in [2.45, 2.75) is 11.8 Å². The van der Waals surface area contributed by atoms with Crippen molar-refractivity contribution in [3.63, 3.8) is 0 Å². The molecule has 28 heavy (non-hydrogen) atoms. The molecule has 0 aliphatic rings. The standard InChI is InChI=1S/C17H14BrF2N5O2S/c18-11-3-5-12(6-4-11)22-14(26)9-28-17-24-23-15(25(17)21)10-1-7-13(8-2-10)27-16(19)20/h1-8,16H,9,21H2,(H,22,26). The van der Waals surface area contributed by atoms with Crippen LogP contribution in [0.3, 0.4) is 0 Å². The van der Waals surface area contributed by atoms with Crippen molar-refractivity contribution >= 4 is 39.3 Å². The molecule has 11 heteroatoms. The van der Waals surface area contributed by atoms with Gasteiger partial charge in [0.25, 0.3) is 0 Å². The molecular weight excluding hydrogens is 456 g/mol. The average Bonchev–Trinajstić information content (AvgIpc) is 3.03. The third-order valence-electron chi connectivity index (χ3n) is 3.46. The van der Waals surface area contributed by atoms with Gasteiger partial charge in [-0.25, -0.2) is 4.68 Å². The Morgan fingerprint density at radius 1 is 1.18 bits per heavy atom. The average molecular weight is 470 g/mol. The number of benzene rings is 2. The van der Waals surface area contributed by atoms with Crippen molar-refractivity contribution in [2.75, 3.05) is 16.9 Å². The van der Waals surface area contributed by atoms with Gasteiger partial charge in [-0.3, -0.25) is 4.79 Å². The fraction of sp³-hybridized carbons (Fsp3) is 0.118. The molecule has 0 saturated carbocycles. The molecule has 0 radical (unpaired) electrons. The quantitative estimate of drug-likeness (QED) is 0.404. The number of anilines is 1. The van der Waals surface area contributed by atoms with E-state index in [0.717, 1.165) is 16.2 Å². The summed E-state index contributed by atoms with van der Waals surface area (Å²) < 4.78 is 30.9. The maximum absolute atomic E-state index is 12.2. The molecule has 3 N–H and O–H groups in total. The minimum absolute atomic E-state index is 0.0287. The zero-order valence-corrected chi connectivity index (χ0v) is 16.6. The Morgan fingerprint density at radius 2 is 1.86 bits per heavy atom. The number of hydrogen-bond acceptors (Lipinski definition) is 6. The topological polar surface area (TPSA) is 95.1 Å². The second kappa shape index (κ2) is 9.02. The van der Waals surface area contributed by atoms with Gasteiger partial charge in [0, 0.05) is 15.7 Å². The maximum Gasteiger partial charge on any atom is 0.387 e. The molecule has 1 aromatic heterocycles. The molecule has 3 rings (SSSR count). The Balaban J connectivity index is 1.61. The van der Waals surface area contributed by atoms with E-state index in [-0.39, 0.29) is 17.4 Å². The van der Waals surface area contributed by atoms with Crippen LogP contribution in [-0.4, -0.2) is 33.1 Å². The van der Waals surface area contributed by atoms with Gasteiger partial charge < -0.3 is 15.9 Å². The first-order valence-electron chi connectivity index (χ1n) is 7.86. The minimum atomic E-state index is -2.89. The second-order valence-corrected chi connectivity index (χ2v) is 7.28. The molecule has 146 valence electrons. The summed E-state index contributed by atoms with van der Waals surface area (Å²) in [5.74, 6) is 6.23. The zero-order valence-electron chi connectivity index (χ0n) is 14.2. The van der Waals surface area contributed by atoms with Crippen LogP contribution in [0.1, 0.15) is 0 Å². The number of hydrogen-bond donors (Lipinski definition) is 2. The van der Waals surface area contributed by atoms with E-state index in [4.69, 9.17) is 5.84 Å². The van der Waals surface area contributed by atoms with Crippen LogP contribution < -0.4 is 15.9 Å². The minimum Gasteiger partial charge on any atom is -0.435 e. The molecule has 0 atom stereocenters. The Hall–Kier alpha value is -2.66. The van der Waals surface area contributed by atoms with Gasteiger partial charge in [0.1, 0.15) is 5.75 Å². The lowest BCUT2D eigenvalue weighted by atomic mass is 10.2. The Kier molecular flexibility index (Phi) is 6.47. The maximum atomic E-state index is 12.2. The van der Waals surface area contributed by atoms with Crippen LogP contribution >= 0.6 is 27.7 Å². The molecule has 0 fully saturated rings. The molecule has 3 aromatic rings. The number of aromatic nitrogens is 3. The molecule has 0 bridgehead atoms. The molecule has 0 saturated heterocycles. The van der Waals surface area contributed by atoms with Crippen molar-refractivity contribution in [2.24, 2.45) is 0 Å². The largest absolute Gasteiger partial charge is 0.435 e. The van der Waals surface area contributed by atoms with Crippen LogP contribution in [0.4, 0.5) is 14.5 Å². The summed E-state index contributed by atoms with van der Waals surface area (Å²) in [6, 6.07) is 13.0. The first kappa shape index (κ1) is 20.1. The number of nitrogens with two attached hydrogens (primary N) is 1.